The van der Waals surface area contributed by atoms with Crippen molar-refractivity contribution in [1.82, 2.24) is 0 Å². The number of nitrogens with two attached hydrogens (primary N) is 1. The van der Waals surface area contributed by atoms with Gasteiger partial charge in [0, 0.05) is 4.47 Å². The van der Waals surface area contributed by atoms with Crippen LogP contribution >= 0.6 is 15.9 Å². The van der Waals surface area contributed by atoms with E-state index in [4.69, 9.17) is 21.5 Å². The first kappa shape index (κ1) is 13.5. The summed E-state index contributed by atoms with van der Waals surface area (Å²) in [5.41, 5.74) is 6.08. The summed E-state index contributed by atoms with van der Waals surface area (Å²) in [6.07, 6.45) is 1.52. The van der Waals surface area contributed by atoms with E-state index in [-0.39, 0.29) is 16.8 Å². The molecule has 0 saturated carbocycles. The Labute approximate surface area is 113 Å². The molecule has 86 valence electrons. The van der Waals surface area contributed by atoms with Gasteiger partial charge in [-0.3, -0.25) is 0 Å². The van der Waals surface area contributed by atoms with Crippen molar-refractivity contribution in [3.05, 3.63) is 51.1 Å². The summed E-state index contributed by atoms with van der Waals surface area (Å²) < 4.78 is 0.858. The minimum atomic E-state index is -0.266. The van der Waals surface area contributed by atoms with Crippen molar-refractivity contribution >= 4 is 22.0 Å². The molecule has 1 aromatic carbocycles. The molecule has 0 unspecified atom stereocenters. The summed E-state index contributed by atoms with van der Waals surface area (Å²) >= 11 is 3.31. The Balaban J connectivity index is 3.30. The van der Waals surface area contributed by atoms with Gasteiger partial charge >= 0.3 is 0 Å². The number of halogens is 1. The second-order valence-corrected chi connectivity index (χ2v) is 4.15. The van der Waals surface area contributed by atoms with Crippen molar-refractivity contribution < 1.29 is 0 Å². The molecule has 0 saturated heterocycles. The number of nitriles is 3. The standard InChI is InChI=1S/C13H7BrN4/c14-12-3-1-2-9(5-12)4-10(6-15)13(18)11(7-16)8-17/h1-5H,18H2. The zero-order valence-corrected chi connectivity index (χ0v) is 10.8. The van der Waals surface area contributed by atoms with Crippen molar-refractivity contribution in [2.45, 2.75) is 0 Å². The Kier molecular flexibility index (Phi) is 4.69. The van der Waals surface area contributed by atoms with Crippen molar-refractivity contribution in [2.75, 3.05) is 0 Å². The van der Waals surface area contributed by atoms with E-state index in [0.717, 1.165) is 10.0 Å². The van der Waals surface area contributed by atoms with Crippen molar-refractivity contribution in [3.63, 3.8) is 0 Å². The molecule has 0 fully saturated rings. The van der Waals surface area contributed by atoms with Gasteiger partial charge in [0.1, 0.15) is 18.2 Å². The van der Waals surface area contributed by atoms with Crippen LogP contribution < -0.4 is 5.73 Å². The fraction of sp³-hybridized carbons (Fsp3) is 0. The van der Waals surface area contributed by atoms with Gasteiger partial charge < -0.3 is 5.73 Å². The van der Waals surface area contributed by atoms with E-state index in [1.165, 1.54) is 6.08 Å². The predicted octanol–water partition coefficient (Wildman–Crippen LogP) is 2.62. The van der Waals surface area contributed by atoms with Crippen LogP contribution in [0.25, 0.3) is 6.08 Å². The third kappa shape index (κ3) is 3.22. The van der Waals surface area contributed by atoms with Crippen molar-refractivity contribution in [2.24, 2.45) is 5.73 Å². The highest BCUT2D eigenvalue weighted by Gasteiger charge is 2.07. The van der Waals surface area contributed by atoms with E-state index in [9.17, 15) is 0 Å². The van der Waals surface area contributed by atoms with Crippen LogP contribution in [0.3, 0.4) is 0 Å². The minimum Gasteiger partial charge on any atom is -0.396 e. The smallest absolute Gasteiger partial charge is 0.153 e. The van der Waals surface area contributed by atoms with E-state index >= 15 is 0 Å². The summed E-state index contributed by atoms with van der Waals surface area (Å²) in [7, 11) is 0. The van der Waals surface area contributed by atoms with Crippen LogP contribution in [0, 0.1) is 34.0 Å². The fourth-order valence-electron chi connectivity index (χ4n) is 1.21. The van der Waals surface area contributed by atoms with Gasteiger partial charge in [0.25, 0.3) is 0 Å². The molecule has 0 aliphatic heterocycles. The van der Waals surface area contributed by atoms with Gasteiger partial charge in [-0.25, -0.2) is 0 Å². The molecule has 0 spiro atoms. The summed E-state index contributed by atoms with van der Waals surface area (Å²) in [5, 5.41) is 26.4. The third-order valence-corrected chi connectivity index (χ3v) is 2.56. The summed E-state index contributed by atoms with van der Waals surface area (Å²) in [6.45, 7) is 0. The van der Waals surface area contributed by atoms with Crippen LogP contribution in [0.15, 0.2) is 45.6 Å². The monoisotopic (exact) mass is 298 g/mol. The highest BCUT2D eigenvalue weighted by Crippen LogP contribution is 2.17. The molecule has 0 amide bonds. The quantitative estimate of drug-likeness (QED) is 0.670. The zero-order valence-electron chi connectivity index (χ0n) is 9.18. The fourth-order valence-corrected chi connectivity index (χ4v) is 1.63. The second-order valence-electron chi connectivity index (χ2n) is 3.24. The molecule has 0 aliphatic carbocycles. The summed E-state index contributed by atoms with van der Waals surface area (Å²) in [4.78, 5) is 0. The van der Waals surface area contributed by atoms with Crippen molar-refractivity contribution in [3.8, 4) is 18.2 Å². The van der Waals surface area contributed by atoms with E-state index < -0.39 is 0 Å². The first-order chi connectivity index (χ1) is 8.62. The van der Waals surface area contributed by atoms with Gasteiger partial charge in [-0.15, -0.1) is 0 Å². The number of nitrogens with zero attached hydrogens (tertiary/aromatic N) is 3. The molecule has 5 heteroatoms. The Hall–Kier alpha value is -2.55. The Morgan fingerprint density at radius 2 is 1.83 bits per heavy atom. The van der Waals surface area contributed by atoms with Crippen LogP contribution in [0.4, 0.5) is 0 Å². The lowest BCUT2D eigenvalue weighted by Crippen LogP contribution is -2.03. The molecule has 0 aliphatic rings. The van der Waals surface area contributed by atoms with E-state index in [2.05, 4.69) is 15.9 Å². The maximum absolute atomic E-state index is 9.00. The second kappa shape index (κ2) is 6.25. The molecular formula is C13H7BrN4. The van der Waals surface area contributed by atoms with Crippen LogP contribution in [0.5, 0.6) is 0 Å². The lowest BCUT2D eigenvalue weighted by atomic mass is 10.1. The highest BCUT2D eigenvalue weighted by atomic mass is 79.9. The zero-order chi connectivity index (χ0) is 13.5. The van der Waals surface area contributed by atoms with E-state index in [1.54, 1.807) is 30.3 Å². The van der Waals surface area contributed by atoms with Crippen LogP contribution in [-0.4, -0.2) is 0 Å². The van der Waals surface area contributed by atoms with Gasteiger partial charge in [-0.2, -0.15) is 15.8 Å². The first-order valence-electron chi connectivity index (χ1n) is 4.80. The van der Waals surface area contributed by atoms with Crippen molar-refractivity contribution in [1.29, 1.82) is 15.8 Å². The minimum absolute atomic E-state index is 0.0891. The molecule has 1 rings (SSSR count). The van der Waals surface area contributed by atoms with Gasteiger partial charge in [0.15, 0.2) is 5.57 Å². The number of hydrogen-bond donors (Lipinski definition) is 1. The largest absolute Gasteiger partial charge is 0.396 e. The third-order valence-electron chi connectivity index (χ3n) is 2.06. The Morgan fingerprint density at radius 3 is 2.33 bits per heavy atom. The number of rotatable bonds is 2. The average molecular weight is 299 g/mol. The normalized spacial score (nSPS) is 9.78. The molecule has 1 aromatic rings. The molecule has 0 aromatic heterocycles. The average Bonchev–Trinajstić information content (AvgIpc) is 2.37. The van der Waals surface area contributed by atoms with Gasteiger partial charge in [0.2, 0.25) is 0 Å². The molecule has 0 radical (unpaired) electrons. The van der Waals surface area contributed by atoms with E-state index in [1.807, 2.05) is 12.1 Å². The molecule has 0 bridgehead atoms. The molecule has 0 heterocycles. The van der Waals surface area contributed by atoms with Gasteiger partial charge in [0.05, 0.1) is 11.3 Å². The maximum Gasteiger partial charge on any atom is 0.153 e. The Bertz CT molecular complexity index is 635. The van der Waals surface area contributed by atoms with Gasteiger partial charge in [-0.1, -0.05) is 28.1 Å². The van der Waals surface area contributed by atoms with Crippen LogP contribution in [-0.2, 0) is 0 Å². The number of benzene rings is 1. The lowest BCUT2D eigenvalue weighted by Gasteiger charge is -2.00. The topological polar surface area (TPSA) is 97.4 Å². The lowest BCUT2D eigenvalue weighted by molar-refractivity contribution is 1.31. The molecule has 0 atom stereocenters. The SMILES string of the molecule is N#CC(=Cc1cccc(Br)c1)C(N)=C(C#N)C#N. The van der Waals surface area contributed by atoms with Gasteiger partial charge in [-0.05, 0) is 23.8 Å². The molecule has 18 heavy (non-hydrogen) atoms. The first-order valence-corrected chi connectivity index (χ1v) is 5.59. The molecule has 4 nitrogen and oxygen atoms in total. The van der Waals surface area contributed by atoms with E-state index in [0.29, 0.717) is 0 Å². The molecule has 2 N–H and O–H groups in total. The number of hydrogen-bond acceptors (Lipinski definition) is 4. The van der Waals surface area contributed by atoms with Crippen LogP contribution in [0.1, 0.15) is 5.56 Å². The molecular weight excluding hydrogens is 292 g/mol. The predicted molar refractivity (Wildman–Crippen MR) is 70.2 cm³/mol. The Morgan fingerprint density at radius 1 is 1.17 bits per heavy atom. The van der Waals surface area contributed by atoms with Crippen LogP contribution in [0.2, 0.25) is 0 Å². The summed E-state index contributed by atoms with van der Waals surface area (Å²) in [5.74, 6) is 0. The summed E-state index contributed by atoms with van der Waals surface area (Å²) in [6, 6.07) is 12.4. The maximum atomic E-state index is 9.00. The highest BCUT2D eigenvalue weighted by molar-refractivity contribution is 9.10. The number of allylic oxidation sites excluding steroid dienone is 2.